The van der Waals surface area contributed by atoms with Gasteiger partial charge in [-0.25, -0.2) is 0 Å². The minimum absolute atomic E-state index is 0.0571. The first-order valence-electron chi connectivity index (χ1n) is 12.6. The zero-order valence-electron chi connectivity index (χ0n) is 21.9. The van der Waals surface area contributed by atoms with Gasteiger partial charge in [-0.1, -0.05) is 40.0 Å². The van der Waals surface area contributed by atoms with Crippen molar-refractivity contribution < 1.29 is 4.79 Å². The van der Waals surface area contributed by atoms with Gasteiger partial charge in [0.25, 0.3) is 0 Å². The van der Waals surface area contributed by atoms with Crippen LogP contribution in [0.4, 0.5) is 0 Å². The van der Waals surface area contributed by atoms with E-state index in [0.29, 0.717) is 12.5 Å². The van der Waals surface area contributed by atoms with Crippen LogP contribution in [0.15, 0.2) is 65.9 Å². The average molecular weight is 452 g/mol. The molecule has 4 heteroatoms. The molecule has 2 heterocycles. The number of ketones is 1. The number of carbonyl (C=O) groups is 1. The van der Waals surface area contributed by atoms with Gasteiger partial charge in [0.1, 0.15) is 5.78 Å². The first-order valence-corrected chi connectivity index (χ1v) is 12.6. The van der Waals surface area contributed by atoms with E-state index in [9.17, 15) is 4.79 Å². The summed E-state index contributed by atoms with van der Waals surface area (Å²) in [6.45, 7) is 25.5. The van der Waals surface area contributed by atoms with Crippen molar-refractivity contribution in [2.24, 2.45) is 5.92 Å². The van der Waals surface area contributed by atoms with Gasteiger partial charge >= 0.3 is 0 Å². The third-order valence-corrected chi connectivity index (χ3v) is 7.07. The van der Waals surface area contributed by atoms with Gasteiger partial charge in [-0.3, -0.25) is 4.90 Å². The molecule has 33 heavy (non-hydrogen) atoms. The predicted molar refractivity (Wildman–Crippen MR) is 141 cm³/mol. The van der Waals surface area contributed by atoms with E-state index in [1.807, 2.05) is 6.92 Å². The third-order valence-electron chi connectivity index (χ3n) is 7.07. The molecule has 2 atom stereocenters. The van der Waals surface area contributed by atoms with Gasteiger partial charge in [-0.15, -0.1) is 5.73 Å². The largest absolute Gasteiger partial charge is 0.374 e. The lowest BCUT2D eigenvalue weighted by Gasteiger charge is -2.45. The zero-order valence-corrected chi connectivity index (χ0v) is 21.9. The van der Waals surface area contributed by atoms with Crippen molar-refractivity contribution in [3.05, 3.63) is 65.9 Å². The van der Waals surface area contributed by atoms with Gasteiger partial charge in [0.05, 0.1) is 6.04 Å². The molecule has 2 aliphatic rings. The van der Waals surface area contributed by atoms with Crippen molar-refractivity contribution in [3.8, 4) is 0 Å². The fourth-order valence-corrected chi connectivity index (χ4v) is 4.81. The fraction of sp³-hybridized carbons (Fsp3) is 0.586. The van der Waals surface area contributed by atoms with Crippen molar-refractivity contribution in [2.45, 2.75) is 79.3 Å². The maximum absolute atomic E-state index is 11.7. The summed E-state index contributed by atoms with van der Waals surface area (Å²) in [6, 6.07) is 0.746. The van der Waals surface area contributed by atoms with Crippen LogP contribution in [-0.2, 0) is 4.79 Å². The van der Waals surface area contributed by atoms with E-state index in [1.165, 1.54) is 37.2 Å². The number of nitrogens with zero attached hydrogens (tertiary/aromatic N) is 3. The molecule has 2 rings (SSSR count). The fourth-order valence-electron chi connectivity index (χ4n) is 4.81. The van der Waals surface area contributed by atoms with Crippen molar-refractivity contribution in [2.75, 3.05) is 26.2 Å². The minimum Gasteiger partial charge on any atom is -0.374 e. The monoisotopic (exact) mass is 451 g/mol. The van der Waals surface area contributed by atoms with E-state index in [4.69, 9.17) is 0 Å². The second-order valence-electron chi connectivity index (χ2n) is 9.61. The third kappa shape index (κ3) is 6.85. The Morgan fingerprint density at radius 3 is 2.39 bits per heavy atom. The highest BCUT2D eigenvalue weighted by Gasteiger charge is 2.34. The molecule has 2 aliphatic heterocycles. The van der Waals surface area contributed by atoms with Crippen molar-refractivity contribution in [1.29, 1.82) is 0 Å². The molecule has 0 amide bonds. The lowest BCUT2D eigenvalue weighted by molar-refractivity contribution is -0.117. The molecule has 182 valence electrons. The molecule has 0 radical (unpaired) electrons. The van der Waals surface area contributed by atoms with E-state index in [-0.39, 0.29) is 17.7 Å². The molecule has 0 bridgehead atoms. The van der Waals surface area contributed by atoms with Gasteiger partial charge in [0, 0.05) is 42.9 Å². The summed E-state index contributed by atoms with van der Waals surface area (Å²) < 4.78 is 0. The number of rotatable bonds is 13. The number of hydrogen-bond acceptors (Lipinski definition) is 4. The SMILES string of the molecule is C=C=C(C)C(CCC(C)=O)N1C(=C)C(C)C(C)=C1/C=C\C=C\N1CC(N(CCC)CCC)C1. The maximum atomic E-state index is 11.7. The predicted octanol–water partition coefficient (Wildman–Crippen LogP) is 6.07. The number of likely N-dealkylation sites (tertiary alicyclic amines) is 1. The van der Waals surface area contributed by atoms with Crippen LogP contribution in [0.3, 0.4) is 0 Å². The molecule has 2 unspecified atom stereocenters. The van der Waals surface area contributed by atoms with Crippen LogP contribution in [0.2, 0.25) is 0 Å². The van der Waals surface area contributed by atoms with Gasteiger partial charge in [0.15, 0.2) is 0 Å². The van der Waals surface area contributed by atoms with Crippen LogP contribution < -0.4 is 0 Å². The Labute approximate surface area is 202 Å². The summed E-state index contributed by atoms with van der Waals surface area (Å²) >= 11 is 0. The summed E-state index contributed by atoms with van der Waals surface area (Å²) in [4.78, 5) is 19.0. The van der Waals surface area contributed by atoms with E-state index in [0.717, 1.165) is 30.8 Å². The molecule has 1 fully saturated rings. The van der Waals surface area contributed by atoms with Crippen molar-refractivity contribution >= 4 is 5.78 Å². The number of allylic oxidation sites excluding steroid dienone is 4. The van der Waals surface area contributed by atoms with Crippen LogP contribution in [0.5, 0.6) is 0 Å². The lowest BCUT2D eigenvalue weighted by Crippen LogP contribution is -2.57. The Morgan fingerprint density at radius 2 is 1.85 bits per heavy atom. The molecular formula is C29H45N3O. The van der Waals surface area contributed by atoms with Gasteiger partial charge in [-0.05, 0) is 82.6 Å². The molecular weight excluding hydrogens is 406 g/mol. The summed E-state index contributed by atoms with van der Waals surface area (Å²) in [7, 11) is 0. The van der Waals surface area contributed by atoms with Crippen LogP contribution in [0.25, 0.3) is 0 Å². The van der Waals surface area contributed by atoms with Crippen LogP contribution >= 0.6 is 0 Å². The van der Waals surface area contributed by atoms with Gasteiger partial charge < -0.3 is 14.6 Å². The van der Waals surface area contributed by atoms with Crippen LogP contribution in [0.1, 0.15) is 67.2 Å². The van der Waals surface area contributed by atoms with Gasteiger partial charge in [0.2, 0.25) is 0 Å². The highest BCUT2D eigenvalue weighted by Crippen LogP contribution is 2.40. The molecule has 0 aromatic rings. The highest BCUT2D eigenvalue weighted by atomic mass is 16.1. The average Bonchev–Trinajstić information content (AvgIpc) is 2.96. The van der Waals surface area contributed by atoms with Crippen LogP contribution in [-0.4, -0.2) is 58.7 Å². The molecule has 0 saturated carbocycles. The molecule has 4 nitrogen and oxygen atoms in total. The zero-order chi connectivity index (χ0) is 24.5. The van der Waals surface area contributed by atoms with E-state index >= 15 is 0 Å². The molecule has 0 aliphatic carbocycles. The highest BCUT2D eigenvalue weighted by molar-refractivity contribution is 5.75. The smallest absolute Gasteiger partial charge is 0.129 e. The Kier molecular flexibility index (Phi) is 10.5. The van der Waals surface area contributed by atoms with E-state index < -0.39 is 0 Å². The van der Waals surface area contributed by atoms with Crippen LogP contribution in [0, 0.1) is 5.92 Å². The van der Waals surface area contributed by atoms with Crippen molar-refractivity contribution in [3.63, 3.8) is 0 Å². The molecule has 0 spiro atoms. The maximum Gasteiger partial charge on any atom is 0.129 e. The topological polar surface area (TPSA) is 26.8 Å². The number of Topliss-reactive ketones (excluding diaryl/α,β-unsaturated/α-hetero) is 1. The number of hydrogen-bond donors (Lipinski definition) is 0. The Hall–Kier alpha value is -2.29. The van der Waals surface area contributed by atoms with Gasteiger partial charge in [-0.2, -0.15) is 0 Å². The lowest BCUT2D eigenvalue weighted by atomic mass is 9.99. The Morgan fingerprint density at radius 1 is 1.21 bits per heavy atom. The minimum atomic E-state index is 0.0571. The quantitative estimate of drug-likeness (QED) is 0.251. The second kappa shape index (κ2) is 12.8. The first-order chi connectivity index (χ1) is 15.7. The number of carbonyl (C=O) groups excluding carboxylic acids is 1. The normalized spacial score (nSPS) is 20.3. The summed E-state index contributed by atoms with van der Waals surface area (Å²) in [5, 5.41) is 0. The molecule has 1 saturated heterocycles. The molecule has 0 aromatic carbocycles. The summed E-state index contributed by atoms with van der Waals surface area (Å²) in [6.07, 6.45) is 12.4. The van der Waals surface area contributed by atoms with Crippen molar-refractivity contribution in [1.82, 2.24) is 14.7 Å². The standard InChI is InChI=1S/C29H45N3O/c1-9-17-31(18-10-2)27-20-30(21-27)19-13-12-14-29-25(7)24(6)26(8)32(29)28(22(4)11-3)16-15-23(5)33/h12-14,19,24,27-28H,3,8-10,15-18,20-21H2,1-2,4-7H3/b14-12-,19-13+. The van der Waals surface area contributed by atoms with E-state index in [1.54, 1.807) is 6.92 Å². The summed E-state index contributed by atoms with van der Waals surface area (Å²) in [5.74, 6) is 0.491. The second-order valence-corrected chi connectivity index (χ2v) is 9.61. The first kappa shape index (κ1) is 27.0. The van der Waals surface area contributed by atoms with E-state index in [2.05, 4.69) is 85.7 Å². The Balaban J connectivity index is 2.08. The molecule has 0 aromatic heterocycles. The summed E-state index contributed by atoms with van der Waals surface area (Å²) in [5.41, 5.74) is 7.69. The molecule has 0 N–H and O–H groups in total. The Bertz CT molecular complexity index is 831.